The van der Waals surface area contributed by atoms with Crippen molar-refractivity contribution >= 4 is 11.3 Å². The molecular formula is C14H11ClN4O5. The summed E-state index contributed by atoms with van der Waals surface area (Å²) in [6.45, 7) is 0. The summed E-state index contributed by atoms with van der Waals surface area (Å²) in [5.74, 6) is 0.0263. The molecule has 0 radical (unpaired) electrons. The highest BCUT2D eigenvalue weighted by Crippen LogP contribution is 2.27. The molecule has 0 amide bonds. The van der Waals surface area contributed by atoms with Gasteiger partial charge in [-0.3, -0.25) is 4.40 Å². The monoisotopic (exact) mass is 350 g/mol. The minimum Gasteiger partial charge on any atom is -0.492 e. The number of aromatic nitrogens is 4. The molecule has 4 heterocycles. The fourth-order valence-electron chi connectivity index (χ4n) is 2.34. The Kier molecular flexibility index (Phi) is 4.09. The zero-order chi connectivity index (χ0) is 17.3. The Bertz CT molecular complexity index is 953. The van der Waals surface area contributed by atoms with Gasteiger partial charge in [-0.05, 0) is 18.2 Å². The number of hydrogen-bond acceptors (Lipinski definition) is 6. The number of fused-ring (bicyclic) bond motifs is 2. The smallest absolute Gasteiger partial charge is 0.284 e. The molecule has 0 saturated carbocycles. The number of halogens is 1. The van der Waals surface area contributed by atoms with Gasteiger partial charge >= 0.3 is 0 Å². The van der Waals surface area contributed by atoms with Crippen LogP contribution in [0.4, 0.5) is 0 Å². The van der Waals surface area contributed by atoms with Crippen molar-refractivity contribution in [3.05, 3.63) is 55.0 Å². The number of nitrogens with one attached hydrogen (secondary N) is 1. The predicted octanol–water partition coefficient (Wildman–Crippen LogP) is -2.98. The fraction of sp³-hybridized carbons (Fsp3) is 0. The minimum absolute atomic E-state index is 0.0263. The Labute approximate surface area is 137 Å². The molecule has 0 unspecified atom stereocenters. The molecule has 0 saturated heterocycles. The highest BCUT2D eigenvalue weighted by molar-refractivity contribution is 5.67. The average Bonchev–Trinajstić information content (AvgIpc) is 3.04. The van der Waals surface area contributed by atoms with Gasteiger partial charge in [-0.25, -0.2) is 28.0 Å². The van der Waals surface area contributed by atoms with Gasteiger partial charge in [0, 0.05) is 12.3 Å². The average molecular weight is 351 g/mol. The van der Waals surface area contributed by atoms with Crippen molar-refractivity contribution in [2.75, 3.05) is 0 Å². The van der Waals surface area contributed by atoms with Crippen LogP contribution in [0.5, 0.6) is 5.88 Å². The standard InChI is InChI=1S/C14H10N4O.ClHO4/c19-14-13(18-8-4-2-6-12(18)16-14)10-9-17-7-3-1-5-11(17)15-10;2-1(3,4)5/h1-9,19H;(H,2,3,4,5). The summed E-state index contributed by atoms with van der Waals surface area (Å²) in [5, 5.41) is 10.1. The third-order valence-corrected chi connectivity index (χ3v) is 3.19. The number of nitrogens with zero attached hydrogens (tertiary/aromatic N) is 3. The van der Waals surface area contributed by atoms with Crippen molar-refractivity contribution in [1.29, 1.82) is 0 Å². The zero-order valence-electron chi connectivity index (χ0n) is 12.0. The summed E-state index contributed by atoms with van der Waals surface area (Å²) < 4.78 is 37.8. The second kappa shape index (κ2) is 6.07. The Morgan fingerprint density at radius 2 is 1.79 bits per heavy atom. The minimum atomic E-state index is -4.94. The largest absolute Gasteiger partial charge is 0.492 e. The summed E-state index contributed by atoms with van der Waals surface area (Å²) in [5.41, 5.74) is 3.17. The normalized spacial score (nSPS) is 11.5. The highest BCUT2D eigenvalue weighted by Gasteiger charge is 2.19. The van der Waals surface area contributed by atoms with Crippen LogP contribution in [-0.2, 0) is 0 Å². The second-order valence-corrected chi connectivity index (χ2v) is 5.51. The molecule has 2 N–H and O–H groups in total. The summed E-state index contributed by atoms with van der Waals surface area (Å²) in [6, 6.07) is 11.6. The van der Waals surface area contributed by atoms with E-state index in [1.165, 1.54) is 0 Å². The Morgan fingerprint density at radius 3 is 2.50 bits per heavy atom. The lowest BCUT2D eigenvalue weighted by Gasteiger charge is -2.17. The van der Waals surface area contributed by atoms with Gasteiger partial charge in [0.25, 0.3) is 5.65 Å². The summed E-state index contributed by atoms with van der Waals surface area (Å²) in [6.07, 6.45) is 5.77. The van der Waals surface area contributed by atoms with Gasteiger partial charge in [0.2, 0.25) is 5.88 Å². The lowest BCUT2D eigenvalue weighted by atomic mass is 10.3. The predicted molar refractivity (Wildman–Crippen MR) is 69.8 cm³/mol. The molecule has 0 aliphatic rings. The van der Waals surface area contributed by atoms with Crippen LogP contribution in [0.3, 0.4) is 0 Å². The van der Waals surface area contributed by atoms with Gasteiger partial charge in [0.1, 0.15) is 11.8 Å². The first-order valence-electron chi connectivity index (χ1n) is 6.60. The number of H-pyrrole nitrogens is 1. The third-order valence-electron chi connectivity index (χ3n) is 3.19. The highest BCUT2D eigenvalue weighted by atomic mass is 35.7. The van der Waals surface area contributed by atoms with E-state index in [0.29, 0.717) is 5.69 Å². The number of imidazole rings is 2. The van der Waals surface area contributed by atoms with E-state index in [1.807, 2.05) is 63.8 Å². The van der Waals surface area contributed by atoms with Gasteiger partial charge in [0.05, 0.1) is 6.20 Å². The Hall–Kier alpha value is -2.69. The first-order valence-corrected chi connectivity index (χ1v) is 7.83. The second-order valence-electron chi connectivity index (χ2n) is 4.75. The molecule has 124 valence electrons. The maximum atomic E-state index is 10.1. The topological polar surface area (TPSA) is 150 Å². The molecule has 24 heavy (non-hydrogen) atoms. The van der Waals surface area contributed by atoms with Crippen LogP contribution >= 0.6 is 0 Å². The molecule has 0 atom stereocenters. The van der Waals surface area contributed by atoms with Crippen LogP contribution in [0.2, 0.25) is 0 Å². The van der Waals surface area contributed by atoms with E-state index in [-0.39, 0.29) is 5.88 Å². The molecule has 4 rings (SSSR count). The molecule has 0 fully saturated rings. The van der Waals surface area contributed by atoms with Gasteiger partial charge < -0.3 is 5.11 Å². The van der Waals surface area contributed by atoms with Crippen molar-refractivity contribution in [1.82, 2.24) is 14.4 Å². The molecule has 0 bridgehead atoms. The van der Waals surface area contributed by atoms with E-state index in [0.717, 1.165) is 17.0 Å². The van der Waals surface area contributed by atoms with Gasteiger partial charge in [-0.15, -0.1) is 10.2 Å². The van der Waals surface area contributed by atoms with Crippen LogP contribution in [0.15, 0.2) is 55.0 Å². The fourth-order valence-corrected chi connectivity index (χ4v) is 2.34. The van der Waals surface area contributed by atoms with Crippen LogP contribution in [-0.4, -0.2) is 19.5 Å². The maximum Gasteiger partial charge on any atom is 0.284 e. The van der Waals surface area contributed by atoms with E-state index >= 15 is 0 Å². The molecule has 10 heteroatoms. The molecule has 9 nitrogen and oxygen atoms in total. The molecule has 0 spiro atoms. The molecule has 0 aliphatic heterocycles. The van der Waals surface area contributed by atoms with E-state index in [2.05, 4.69) is 9.97 Å². The first kappa shape index (κ1) is 16.2. The number of aromatic hydroxyl groups is 1. The van der Waals surface area contributed by atoms with Crippen molar-refractivity contribution in [2.45, 2.75) is 0 Å². The van der Waals surface area contributed by atoms with E-state index < -0.39 is 10.2 Å². The quantitative estimate of drug-likeness (QED) is 0.350. The van der Waals surface area contributed by atoms with Crippen molar-refractivity contribution in [3.8, 4) is 17.3 Å². The van der Waals surface area contributed by atoms with Crippen LogP contribution < -0.4 is 23.0 Å². The molecule has 4 aromatic heterocycles. The molecular weight excluding hydrogens is 340 g/mol. The number of rotatable bonds is 1. The third kappa shape index (κ3) is 3.45. The maximum absolute atomic E-state index is 10.1. The van der Waals surface area contributed by atoms with E-state index in [4.69, 9.17) is 18.6 Å². The van der Waals surface area contributed by atoms with Crippen molar-refractivity contribution in [3.63, 3.8) is 0 Å². The number of pyridine rings is 2. The van der Waals surface area contributed by atoms with Crippen LogP contribution in [0.25, 0.3) is 22.7 Å². The number of aromatic amines is 1. The van der Waals surface area contributed by atoms with Crippen molar-refractivity contribution in [2.24, 2.45) is 0 Å². The van der Waals surface area contributed by atoms with E-state index in [1.54, 1.807) is 0 Å². The Balaban J connectivity index is 0.000000300. The number of hydrogen-bond donors (Lipinski definition) is 2. The first-order chi connectivity index (χ1) is 11.3. The van der Waals surface area contributed by atoms with Gasteiger partial charge in [0.15, 0.2) is 11.4 Å². The van der Waals surface area contributed by atoms with Gasteiger partial charge in [-0.2, -0.15) is 4.98 Å². The van der Waals surface area contributed by atoms with Crippen molar-refractivity contribution < 1.29 is 38.4 Å². The lowest BCUT2D eigenvalue weighted by molar-refractivity contribution is -2.00. The van der Waals surface area contributed by atoms with E-state index in [9.17, 15) is 5.11 Å². The molecule has 4 aromatic rings. The Morgan fingerprint density at radius 1 is 1.08 bits per heavy atom. The summed E-state index contributed by atoms with van der Waals surface area (Å²) >= 11 is 0. The lowest BCUT2D eigenvalue weighted by Crippen LogP contribution is -2.68. The van der Waals surface area contributed by atoms with Crippen LogP contribution in [0.1, 0.15) is 0 Å². The van der Waals surface area contributed by atoms with Gasteiger partial charge in [-0.1, -0.05) is 12.1 Å². The summed E-state index contributed by atoms with van der Waals surface area (Å²) in [4.78, 5) is 7.42. The zero-order valence-corrected chi connectivity index (χ0v) is 12.8. The molecule has 0 aromatic carbocycles. The van der Waals surface area contributed by atoms with Crippen LogP contribution in [0, 0.1) is 10.2 Å². The molecule has 0 aliphatic carbocycles. The summed E-state index contributed by atoms with van der Waals surface area (Å²) in [7, 11) is -4.94. The SMILES string of the molecule is Oc1nc2ccccn2c1-c1c[n+]2ccccc2[nH]1.[O-][Cl+3]([O-])([O-])[O-].